The highest BCUT2D eigenvalue weighted by molar-refractivity contribution is 9.09. The third-order valence-electron chi connectivity index (χ3n) is 4.40. The van der Waals surface area contributed by atoms with Gasteiger partial charge >= 0.3 is 18.1 Å². The molecule has 0 fully saturated rings. The Labute approximate surface area is 226 Å². The largest absolute Gasteiger partial charge is 0.460 e. The summed E-state index contributed by atoms with van der Waals surface area (Å²) in [5.74, 6) is -2.64. The van der Waals surface area contributed by atoms with Crippen LogP contribution in [-0.2, 0) is 25.2 Å². The molecule has 12 heteroatoms. The Hall–Kier alpha value is -1.82. The lowest BCUT2D eigenvalue weighted by Gasteiger charge is -2.27. The molecule has 1 amide bonds. The number of rotatable bonds is 10. The fraction of sp³-hybridized carbons (Fsp3) is 0.625. The van der Waals surface area contributed by atoms with E-state index in [1.165, 1.54) is 12.1 Å². The van der Waals surface area contributed by atoms with Gasteiger partial charge in [-0.15, -0.1) is 0 Å². The van der Waals surface area contributed by atoms with Crippen molar-refractivity contribution in [3.63, 3.8) is 0 Å². The van der Waals surface area contributed by atoms with Crippen molar-refractivity contribution in [2.75, 3.05) is 28.6 Å². The van der Waals surface area contributed by atoms with Gasteiger partial charge in [0, 0.05) is 35.0 Å². The van der Waals surface area contributed by atoms with Crippen molar-refractivity contribution >= 4 is 55.4 Å². The van der Waals surface area contributed by atoms with Gasteiger partial charge in [0.2, 0.25) is 0 Å². The molecule has 0 bridgehead atoms. The number of halogens is 5. The van der Waals surface area contributed by atoms with E-state index in [0.29, 0.717) is 23.7 Å². The minimum Gasteiger partial charge on any atom is -0.460 e. The molecule has 0 aromatic heterocycles. The molecule has 0 saturated heterocycles. The average molecular weight is 646 g/mol. The number of ether oxygens (including phenoxy) is 2. The maximum absolute atomic E-state index is 13.9. The molecular formula is C24H33Br2F3N2O5. The molecule has 0 aliphatic carbocycles. The molecule has 7 nitrogen and oxygen atoms in total. The van der Waals surface area contributed by atoms with Gasteiger partial charge in [-0.1, -0.05) is 31.9 Å². The summed E-state index contributed by atoms with van der Waals surface area (Å²) in [7, 11) is 0. The Balaban J connectivity index is 3.32. The van der Waals surface area contributed by atoms with Gasteiger partial charge in [0.05, 0.1) is 12.0 Å². The Morgan fingerprint density at radius 2 is 1.47 bits per heavy atom. The third-order valence-corrected chi connectivity index (χ3v) is 5.11. The van der Waals surface area contributed by atoms with Crippen LogP contribution in [0, 0.1) is 0 Å². The van der Waals surface area contributed by atoms with Gasteiger partial charge in [0.25, 0.3) is 5.91 Å². The van der Waals surface area contributed by atoms with Crippen LogP contribution in [0.25, 0.3) is 0 Å². The summed E-state index contributed by atoms with van der Waals surface area (Å²) in [6, 6.07) is 1.74. The standard InChI is InChI=1S/C24H33Br2F3N2O5/c1-22(2,3)35-19(32)14-17(21(34)36-23(4,5)6)30-20(33)15-7-8-18(16(13-15)24(27,28)29)31(11-9-25)12-10-26/h7-8,13,17H,9-12,14H2,1-6H3,(H,30,33). The molecule has 0 spiro atoms. The van der Waals surface area contributed by atoms with Crippen LogP contribution in [0.5, 0.6) is 0 Å². The predicted molar refractivity (Wildman–Crippen MR) is 139 cm³/mol. The molecule has 0 aliphatic rings. The van der Waals surface area contributed by atoms with Gasteiger partial charge in [-0.2, -0.15) is 13.2 Å². The summed E-state index contributed by atoms with van der Waals surface area (Å²) in [5.41, 5.74) is -3.14. The maximum Gasteiger partial charge on any atom is 0.418 e. The number of amides is 1. The molecule has 0 radical (unpaired) electrons. The highest BCUT2D eigenvalue weighted by Gasteiger charge is 2.36. The van der Waals surface area contributed by atoms with E-state index in [1.807, 2.05) is 0 Å². The number of nitrogens with one attached hydrogen (secondary N) is 1. The van der Waals surface area contributed by atoms with E-state index in [1.54, 1.807) is 46.4 Å². The number of esters is 2. The van der Waals surface area contributed by atoms with Gasteiger partial charge in [0.15, 0.2) is 0 Å². The van der Waals surface area contributed by atoms with Crippen LogP contribution in [0.1, 0.15) is 63.9 Å². The van der Waals surface area contributed by atoms with Gasteiger partial charge in [-0.25, -0.2) is 4.79 Å². The molecule has 1 unspecified atom stereocenters. The highest BCUT2D eigenvalue weighted by atomic mass is 79.9. The molecule has 1 aromatic rings. The Morgan fingerprint density at radius 3 is 1.92 bits per heavy atom. The van der Waals surface area contributed by atoms with E-state index in [-0.39, 0.29) is 11.3 Å². The van der Waals surface area contributed by atoms with Crippen molar-refractivity contribution in [3.8, 4) is 0 Å². The predicted octanol–water partition coefficient (Wildman–Crippen LogP) is 5.47. The summed E-state index contributed by atoms with van der Waals surface area (Å²) in [4.78, 5) is 39.5. The summed E-state index contributed by atoms with van der Waals surface area (Å²) < 4.78 is 52.3. The number of hydrogen-bond donors (Lipinski definition) is 1. The Kier molecular flexibility index (Phi) is 11.7. The number of carbonyl (C=O) groups excluding carboxylic acids is 3. The van der Waals surface area contributed by atoms with Crippen molar-refractivity contribution in [3.05, 3.63) is 29.3 Å². The lowest BCUT2D eigenvalue weighted by Crippen LogP contribution is -2.46. The van der Waals surface area contributed by atoms with E-state index in [9.17, 15) is 27.6 Å². The number of carbonyl (C=O) groups is 3. The number of anilines is 1. The highest BCUT2D eigenvalue weighted by Crippen LogP contribution is 2.37. The fourth-order valence-corrected chi connectivity index (χ4v) is 3.95. The zero-order valence-corrected chi connectivity index (χ0v) is 24.4. The third kappa shape index (κ3) is 11.1. The minimum atomic E-state index is -4.73. The van der Waals surface area contributed by atoms with Crippen molar-refractivity contribution in [1.82, 2.24) is 5.32 Å². The van der Waals surface area contributed by atoms with E-state index >= 15 is 0 Å². The molecule has 0 saturated carbocycles. The molecule has 36 heavy (non-hydrogen) atoms. The maximum atomic E-state index is 13.9. The summed E-state index contributed by atoms with van der Waals surface area (Å²) in [5, 5.41) is 3.23. The van der Waals surface area contributed by atoms with Gasteiger partial charge < -0.3 is 19.7 Å². The molecule has 0 aliphatic heterocycles. The van der Waals surface area contributed by atoms with Crippen LogP contribution in [0.4, 0.5) is 18.9 Å². The SMILES string of the molecule is CC(C)(C)OC(=O)CC(NC(=O)c1ccc(N(CCBr)CCBr)c(C(F)(F)F)c1)C(=O)OC(C)(C)C. The van der Waals surface area contributed by atoms with E-state index in [2.05, 4.69) is 37.2 Å². The average Bonchev–Trinajstić information content (AvgIpc) is 2.69. The monoisotopic (exact) mass is 644 g/mol. The van der Waals surface area contributed by atoms with E-state index in [4.69, 9.17) is 9.47 Å². The van der Waals surface area contributed by atoms with Crippen molar-refractivity contribution in [2.24, 2.45) is 0 Å². The molecule has 0 heterocycles. The first-order chi connectivity index (χ1) is 16.4. The number of hydrogen-bond acceptors (Lipinski definition) is 6. The van der Waals surface area contributed by atoms with Crippen LogP contribution in [-0.4, -0.2) is 58.8 Å². The topological polar surface area (TPSA) is 84.9 Å². The number of alkyl halides is 5. The lowest BCUT2D eigenvalue weighted by atomic mass is 10.1. The molecule has 1 aromatic carbocycles. The molecule has 1 rings (SSSR count). The van der Waals surface area contributed by atoms with Gasteiger partial charge in [0.1, 0.15) is 17.2 Å². The summed E-state index contributed by atoms with van der Waals surface area (Å²) in [6.45, 7) is 10.4. The molecule has 1 atom stereocenters. The zero-order chi connectivity index (χ0) is 27.9. The van der Waals surface area contributed by atoms with Crippen LogP contribution in [0.2, 0.25) is 0 Å². The van der Waals surface area contributed by atoms with Gasteiger partial charge in [-0.05, 0) is 59.7 Å². The van der Waals surface area contributed by atoms with E-state index < -0.39 is 53.3 Å². The molecule has 1 N–H and O–H groups in total. The quantitative estimate of drug-likeness (QED) is 0.268. The van der Waals surface area contributed by atoms with Crippen LogP contribution >= 0.6 is 31.9 Å². The van der Waals surface area contributed by atoms with Crippen molar-refractivity contribution in [1.29, 1.82) is 0 Å². The van der Waals surface area contributed by atoms with Crippen molar-refractivity contribution in [2.45, 2.75) is 71.4 Å². The summed E-state index contributed by atoms with van der Waals surface area (Å²) >= 11 is 6.49. The lowest BCUT2D eigenvalue weighted by molar-refractivity contribution is -0.164. The first-order valence-electron chi connectivity index (χ1n) is 11.2. The Morgan fingerprint density at radius 1 is 0.944 bits per heavy atom. The first kappa shape index (κ1) is 32.2. The summed E-state index contributed by atoms with van der Waals surface area (Å²) in [6.07, 6.45) is -5.28. The van der Waals surface area contributed by atoms with Crippen LogP contribution in [0.3, 0.4) is 0 Å². The normalized spacial score (nSPS) is 13.1. The number of benzene rings is 1. The Bertz CT molecular complexity index is 922. The minimum absolute atomic E-state index is 0.0737. The zero-order valence-electron chi connectivity index (χ0n) is 21.2. The van der Waals surface area contributed by atoms with Gasteiger partial charge in [-0.3, -0.25) is 9.59 Å². The smallest absolute Gasteiger partial charge is 0.418 e. The molecular weight excluding hydrogens is 613 g/mol. The van der Waals surface area contributed by atoms with E-state index in [0.717, 1.165) is 6.07 Å². The first-order valence-corrected chi connectivity index (χ1v) is 13.5. The second-order valence-electron chi connectivity index (χ2n) is 9.94. The second kappa shape index (κ2) is 13.1. The molecule has 204 valence electrons. The fourth-order valence-electron chi connectivity index (χ4n) is 3.09. The van der Waals surface area contributed by atoms with Crippen LogP contribution in [0.15, 0.2) is 18.2 Å². The number of nitrogens with zero attached hydrogens (tertiary/aromatic N) is 1. The van der Waals surface area contributed by atoms with Crippen molar-refractivity contribution < 1.29 is 37.0 Å². The van der Waals surface area contributed by atoms with Crippen LogP contribution < -0.4 is 10.2 Å². The second-order valence-corrected chi connectivity index (χ2v) is 11.5.